The van der Waals surface area contributed by atoms with Gasteiger partial charge in [-0.15, -0.1) is 0 Å². The molecule has 2 aliphatic rings. The monoisotopic (exact) mass is 378 g/mol. The molecule has 4 rings (SSSR count). The van der Waals surface area contributed by atoms with Crippen molar-refractivity contribution in [3.63, 3.8) is 0 Å². The van der Waals surface area contributed by atoms with E-state index in [-0.39, 0.29) is 6.04 Å². The third-order valence-corrected chi connectivity index (χ3v) is 6.49. The number of nitrogens with zero attached hydrogens (tertiary/aromatic N) is 2. The number of rotatable bonds is 1. The molecule has 6 heteroatoms. The molecule has 1 unspecified atom stereocenters. The predicted octanol–water partition coefficient (Wildman–Crippen LogP) is 4.70. The second-order valence-electron chi connectivity index (χ2n) is 7.02. The third kappa shape index (κ3) is 3.50. The second kappa shape index (κ2) is 6.91. The number of alkyl halides is 3. The van der Waals surface area contributed by atoms with Crippen molar-refractivity contribution in [1.82, 2.24) is 9.80 Å². The molecule has 0 N–H and O–H groups in total. The first-order valence-electron chi connectivity index (χ1n) is 8.81. The first-order chi connectivity index (χ1) is 12.4. The Hall–Kier alpha value is -1.50. The average molecular weight is 378 g/mol. The molecule has 0 aromatic heterocycles. The van der Waals surface area contributed by atoms with Crippen LogP contribution in [0.3, 0.4) is 0 Å². The molecule has 1 saturated heterocycles. The highest BCUT2D eigenvalue weighted by molar-refractivity contribution is 7.99. The van der Waals surface area contributed by atoms with Gasteiger partial charge in [0.1, 0.15) is 0 Å². The van der Waals surface area contributed by atoms with Crippen LogP contribution in [0, 0.1) is 0 Å². The number of halogens is 3. The Labute approximate surface area is 156 Å². The van der Waals surface area contributed by atoms with Crippen LogP contribution in [0.25, 0.3) is 0 Å². The van der Waals surface area contributed by atoms with Crippen LogP contribution >= 0.6 is 11.8 Å². The molecular weight excluding hydrogens is 357 g/mol. The van der Waals surface area contributed by atoms with Gasteiger partial charge in [-0.1, -0.05) is 30.0 Å². The minimum absolute atomic E-state index is 0.122. The normalized spacial score (nSPS) is 21.8. The van der Waals surface area contributed by atoms with Crippen molar-refractivity contribution < 1.29 is 13.2 Å². The zero-order valence-corrected chi connectivity index (χ0v) is 15.4. The smallest absolute Gasteiger partial charge is 0.304 e. The van der Waals surface area contributed by atoms with E-state index in [1.54, 1.807) is 17.8 Å². The van der Waals surface area contributed by atoms with Crippen LogP contribution in [0.2, 0.25) is 0 Å². The molecule has 138 valence electrons. The van der Waals surface area contributed by atoms with Gasteiger partial charge in [-0.05, 0) is 48.9 Å². The highest BCUT2D eigenvalue weighted by atomic mass is 32.2. The maximum Gasteiger partial charge on any atom is 0.416 e. The van der Waals surface area contributed by atoms with E-state index in [9.17, 15) is 13.2 Å². The van der Waals surface area contributed by atoms with Gasteiger partial charge in [0.2, 0.25) is 0 Å². The number of hydrogen-bond acceptors (Lipinski definition) is 3. The van der Waals surface area contributed by atoms with E-state index in [0.29, 0.717) is 6.42 Å². The Bertz CT molecular complexity index is 798. The van der Waals surface area contributed by atoms with Crippen LogP contribution in [0.4, 0.5) is 13.2 Å². The molecule has 26 heavy (non-hydrogen) atoms. The fraction of sp³-hybridized carbons (Fsp3) is 0.400. The Morgan fingerprint density at radius 3 is 2.42 bits per heavy atom. The highest BCUT2D eigenvalue weighted by Crippen LogP contribution is 2.44. The van der Waals surface area contributed by atoms with Crippen molar-refractivity contribution in [3.05, 3.63) is 59.2 Å². The standard InChI is InChI=1S/C20H21F3N2S/c1-24-8-10-25(11-9-24)17-13-14-12-15(20(21,22)23)6-7-18(14)26-19-5-3-2-4-16(17)19/h2-7,12,17H,8-11,13H2,1H3. The van der Waals surface area contributed by atoms with Crippen molar-refractivity contribution in [2.24, 2.45) is 0 Å². The highest BCUT2D eigenvalue weighted by Gasteiger charge is 2.33. The van der Waals surface area contributed by atoms with Crippen molar-refractivity contribution in [3.8, 4) is 0 Å². The molecule has 0 amide bonds. The number of hydrogen-bond donors (Lipinski definition) is 0. The Balaban J connectivity index is 1.74. The molecule has 2 aliphatic heterocycles. The summed E-state index contributed by atoms with van der Waals surface area (Å²) < 4.78 is 39.6. The van der Waals surface area contributed by atoms with Crippen LogP contribution in [0.5, 0.6) is 0 Å². The Kier molecular flexibility index (Phi) is 4.75. The Morgan fingerprint density at radius 1 is 0.962 bits per heavy atom. The summed E-state index contributed by atoms with van der Waals surface area (Å²) in [5.74, 6) is 0. The molecule has 2 aromatic carbocycles. The summed E-state index contributed by atoms with van der Waals surface area (Å²) in [6.45, 7) is 3.85. The first kappa shape index (κ1) is 17.9. The number of piperazine rings is 1. The van der Waals surface area contributed by atoms with Crippen LogP contribution in [-0.4, -0.2) is 43.0 Å². The van der Waals surface area contributed by atoms with E-state index < -0.39 is 11.7 Å². The third-order valence-electron chi connectivity index (χ3n) is 5.28. The maximum absolute atomic E-state index is 13.2. The van der Waals surface area contributed by atoms with Gasteiger partial charge in [-0.3, -0.25) is 4.90 Å². The molecule has 1 atom stereocenters. The molecule has 0 radical (unpaired) electrons. The molecule has 2 aromatic rings. The lowest BCUT2D eigenvalue weighted by molar-refractivity contribution is -0.137. The van der Waals surface area contributed by atoms with Crippen molar-refractivity contribution in [2.45, 2.75) is 28.4 Å². The zero-order chi connectivity index (χ0) is 18.3. The lowest BCUT2D eigenvalue weighted by atomic mass is 9.95. The predicted molar refractivity (Wildman–Crippen MR) is 97.5 cm³/mol. The number of fused-ring (bicyclic) bond motifs is 2. The van der Waals surface area contributed by atoms with E-state index in [4.69, 9.17) is 0 Å². The van der Waals surface area contributed by atoms with Gasteiger partial charge in [0.05, 0.1) is 5.56 Å². The minimum atomic E-state index is -4.30. The van der Waals surface area contributed by atoms with Crippen molar-refractivity contribution >= 4 is 11.8 Å². The fourth-order valence-electron chi connectivity index (χ4n) is 3.76. The molecule has 2 heterocycles. The summed E-state index contributed by atoms with van der Waals surface area (Å²) in [5, 5.41) is 0. The van der Waals surface area contributed by atoms with Gasteiger partial charge < -0.3 is 4.90 Å². The van der Waals surface area contributed by atoms with Crippen LogP contribution in [-0.2, 0) is 12.6 Å². The molecule has 0 saturated carbocycles. The van der Waals surface area contributed by atoms with Crippen molar-refractivity contribution in [2.75, 3.05) is 33.2 Å². The summed E-state index contributed by atoms with van der Waals surface area (Å²) in [6.07, 6.45) is -3.69. The summed E-state index contributed by atoms with van der Waals surface area (Å²) in [6, 6.07) is 12.5. The minimum Gasteiger partial charge on any atom is -0.304 e. The van der Waals surface area contributed by atoms with Crippen LogP contribution < -0.4 is 0 Å². The van der Waals surface area contributed by atoms with E-state index in [2.05, 4.69) is 29.0 Å². The van der Waals surface area contributed by atoms with E-state index in [0.717, 1.165) is 41.5 Å². The number of benzene rings is 2. The second-order valence-corrected chi connectivity index (χ2v) is 8.10. The molecule has 0 bridgehead atoms. The Morgan fingerprint density at radius 2 is 1.69 bits per heavy atom. The van der Waals surface area contributed by atoms with E-state index >= 15 is 0 Å². The topological polar surface area (TPSA) is 6.48 Å². The summed E-state index contributed by atoms with van der Waals surface area (Å²) in [7, 11) is 2.11. The van der Waals surface area contributed by atoms with E-state index in [1.807, 2.05) is 12.1 Å². The maximum atomic E-state index is 13.2. The molecule has 1 fully saturated rings. The van der Waals surface area contributed by atoms with Crippen LogP contribution in [0.1, 0.15) is 22.7 Å². The lowest BCUT2D eigenvalue weighted by Gasteiger charge is -2.38. The molecule has 0 spiro atoms. The average Bonchev–Trinajstić information content (AvgIpc) is 2.77. The van der Waals surface area contributed by atoms with Gasteiger partial charge in [0.15, 0.2) is 0 Å². The summed E-state index contributed by atoms with van der Waals surface area (Å²) in [5.41, 5.74) is 1.47. The molecule has 2 nitrogen and oxygen atoms in total. The molecule has 0 aliphatic carbocycles. The van der Waals surface area contributed by atoms with Gasteiger partial charge in [0.25, 0.3) is 0 Å². The number of likely N-dealkylation sites (N-methyl/N-ethyl adjacent to an activating group) is 1. The first-order valence-corrected chi connectivity index (χ1v) is 9.63. The largest absolute Gasteiger partial charge is 0.416 e. The van der Waals surface area contributed by atoms with Crippen LogP contribution in [0.15, 0.2) is 52.3 Å². The van der Waals surface area contributed by atoms with Gasteiger partial charge in [0, 0.05) is 42.0 Å². The SMILES string of the molecule is CN1CCN(C2Cc3cc(C(F)(F)F)ccc3Sc3ccccc32)CC1. The van der Waals surface area contributed by atoms with Gasteiger partial charge in [-0.25, -0.2) is 0 Å². The lowest BCUT2D eigenvalue weighted by Crippen LogP contribution is -2.46. The van der Waals surface area contributed by atoms with E-state index in [1.165, 1.54) is 17.7 Å². The van der Waals surface area contributed by atoms with Crippen molar-refractivity contribution in [1.29, 1.82) is 0 Å². The quantitative estimate of drug-likeness (QED) is 0.710. The summed E-state index contributed by atoms with van der Waals surface area (Å²) >= 11 is 1.59. The summed E-state index contributed by atoms with van der Waals surface area (Å²) in [4.78, 5) is 6.80. The zero-order valence-electron chi connectivity index (χ0n) is 14.6. The molecular formula is C20H21F3N2S. The fourth-order valence-corrected chi connectivity index (χ4v) is 4.87. The van der Waals surface area contributed by atoms with Gasteiger partial charge in [-0.2, -0.15) is 13.2 Å². The van der Waals surface area contributed by atoms with Gasteiger partial charge >= 0.3 is 6.18 Å².